The fraction of sp³-hybridized carbons (Fsp3) is 0.625. The van der Waals surface area contributed by atoms with E-state index in [9.17, 15) is 0 Å². The summed E-state index contributed by atoms with van der Waals surface area (Å²) in [5.74, 6) is 0. The van der Waals surface area contributed by atoms with Crippen molar-refractivity contribution in [1.29, 1.82) is 0 Å². The Labute approximate surface area is 117 Å². The summed E-state index contributed by atoms with van der Waals surface area (Å²) >= 11 is 0. The molecule has 0 aromatic heterocycles. The maximum atomic E-state index is 6.03. The molecule has 0 aliphatic rings. The normalized spacial score (nSPS) is 14.2. The van der Waals surface area contributed by atoms with Gasteiger partial charge >= 0.3 is 0 Å². The van der Waals surface area contributed by atoms with Crippen molar-refractivity contribution in [2.75, 3.05) is 25.7 Å². The second-order valence-electron chi connectivity index (χ2n) is 5.40. The van der Waals surface area contributed by atoms with Gasteiger partial charge in [0.05, 0.1) is 6.61 Å². The number of methoxy groups -OCH3 is 1. The standard InChI is InChI=1S/C16H28N2O/c1-6-15(17)10-14-7-8-16(9-12(14)2)18(4)13(3)11-19-5/h7-9,13,15H,6,10-11,17H2,1-5H3. The zero-order valence-electron chi connectivity index (χ0n) is 12.9. The second-order valence-corrected chi connectivity index (χ2v) is 5.40. The van der Waals surface area contributed by atoms with Crippen molar-refractivity contribution >= 4 is 5.69 Å². The van der Waals surface area contributed by atoms with Crippen molar-refractivity contribution in [2.45, 2.75) is 45.7 Å². The van der Waals surface area contributed by atoms with Crippen LogP contribution in [-0.4, -0.2) is 32.8 Å². The highest BCUT2D eigenvalue weighted by Gasteiger charge is 2.11. The molecule has 0 fully saturated rings. The van der Waals surface area contributed by atoms with Crippen LogP contribution in [0.4, 0.5) is 5.69 Å². The number of anilines is 1. The third-order valence-electron chi connectivity index (χ3n) is 3.81. The molecule has 1 aromatic rings. The Kier molecular flexibility index (Phi) is 6.32. The average Bonchev–Trinajstić information content (AvgIpc) is 2.40. The molecule has 0 saturated heterocycles. The lowest BCUT2D eigenvalue weighted by Gasteiger charge is -2.27. The number of aryl methyl sites for hydroxylation is 1. The zero-order chi connectivity index (χ0) is 14.4. The van der Waals surface area contributed by atoms with Gasteiger partial charge < -0.3 is 15.4 Å². The maximum absolute atomic E-state index is 6.03. The van der Waals surface area contributed by atoms with Gasteiger partial charge in [-0.05, 0) is 49.9 Å². The highest BCUT2D eigenvalue weighted by Crippen LogP contribution is 2.21. The van der Waals surface area contributed by atoms with Gasteiger partial charge in [0, 0.05) is 31.9 Å². The summed E-state index contributed by atoms with van der Waals surface area (Å²) in [6.45, 7) is 7.20. The van der Waals surface area contributed by atoms with E-state index >= 15 is 0 Å². The number of benzene rings is 1. The minimum absolute atomic E-state index is 0.259. The van der Waals surface area contributed by atoms with E-state index in [0.29, 0.717) is 6.04 Å². The number of nitrogens with two attached hydrogens (primary N) is 1. The molecule has 0 amide bonds. The number of ether oxygens (including phenoxy) is 1. The molecule has 3 nitrogen and oxygen atoms in total. The van der Waals surface area contributed by atoms with Gasteiger partial charge in [0.1, 0.15) is 0 Å². The van der Waals surface area contributed by atoms with Crippen LogP contribution < -0.4 is 10.6 Å². The smallest absolute Gasteiger partial charge is 0.0663 e. The average molecular weight is 264 g/mol. The Morgan fingerprint density at radius 3 is 2.58 bits per heavy atom. The van der Waals surface area contributed by atoms with Crippen molar-refractivity contribution in [1.82, 2.24) is 0 Å². The highest BCUT2D eigenvalue weighted by atomic mass is 16.5. The van der Waals surface area contributed by atoms with Crippen LogP contribution in [-0.2, 0) is 11.2 Å². The molecule has 2 N–H and O–H groups in total. The minimum Gasteiger partial charge on any atom is -0.383 e. The first-order valence-corrected chi connectivity index (χ1v) is 7.06. The Morgan fingerprint density at radius 2 is 2.05 bits per heavy atom. The molecule has 0 spiro atoms. The summed E-state index contributed by atoms with van der Waals surface area (Å²) in [5.41, 5.74) is 9.93. The van der Waals surface area contributed by atoms with E-state index in [2.05, 4.69) is 50.9 Å². The van der Waals surface area contributed by atoms with Crippen LogP contribution >= 0.6 is 0 Å². The molecule has 0 aliphatic carbocycles. The molecule has 0 heterocycles. The van der Waals surface area contributed by atoms with E-state index < -0.39 is 0 Å². The summed E-state index contributed by atoms with van der Waals surface area (Å²) in [6.07, 6.45) is 1.98. The SMILES string of the molecule is CCC(N)Cc1ccc(N(C)C(C)COC)cc1C. The quantitative estimate of drug-likeness (QED) is 0.823. The number of nitrogens with zero attached hydrogens (tertiary/aromatic N) is 1. The van der Waals surface area contributed by atoms with E-state index in [0.717, 1.165) is 19.4 Å². The molecule has 1 aromatic carbocycles. The number of rotatable bonds is 7. The van der Waals surface area contributed by atoms with Gasteiger partial charge in [-0.15, -0.1) is 0 Å². The molecule has 0 bridgehead atoms. The third kappa shape index (κ3) is 4.51. The van der Waals surface area contributed by atoms with Gasteiger partial charge in [-0.2, -0.15) is 0 Å². The molecular formula is C16H28N2O. The van der Waals surface area contributed by atoms with E-state index in [1.807, 2.05) is 0 Å². The number of hydrogen-bond donors (Lipinski definition) is 1. The molecule has 0 radical (unpaired) electrons. The maximum Gasteiger partial charge on any atom is 0.0663 e. The first-order valence-electron chi connectivity index (χ1n) is 7.06. The van der Waals surface area contributed by atoms with E-state index in [4.69, 9.17) is 10.5 Å². The monoisotopic (exact) mass is 264 g/mol. The zero-order valence-corrected chi connectivity index (χ0v) is 12.9. The third-order valence-corrected chi connectivity index (χ3v) is 3.81. The minimum atomic E-state index is 0.259. The summed E-state index contributed by atoms with van der Waals surface area (Å²) in [4.78, 5) is 2.25. The van der Waals surface area contributed by atoms with Gasteiger partial charge in [0.15, 0.2) is 0 Å². The predicted molar refractivity (Wildman–Crippen MR) is 82.9 cm³/mol. The van der Waals surface area contributed by atoms with Crippen LogP contribution in [0.1, 0.15) is 31.4 Å². The van der Waals surface area contributed by atoms with Gasteiger partial charge in [-0.1, -0.05) is 13.0 Å². The summed E-state index contributed by atoms with van der Waals surface area (Å²) in [6, 6.07) is 7.25. The van der Waals surface area contributed by atoms with Crippen LogP contribution in [0.25, 0.3) is 0 Å². The molecule has 2 unspecified atom stereocenters. The van der Waals surface area contributed by atoms with Crippen LogP contribution in [0.3, 0.4) is 0 Å². The van der Waals surface area contributed by atoms with Crippen molar-refractivity contribution in [3.63, 3.8) is 0 Å². The summed E-state index contributed by atoms with van der Waals surface area (Å²) in [5, 5.41) is 0. The number of hydrogen-bond acceptors (Lipinski definition) is 3. The lowest BCUT2D eigenvalue weighted by atomic mass is 9.99. The van der Waals surface area contributed by atoms with Crippen molar-refractivity contribution in [3.05, 3.63) is 29.3 Å². The van der Waals surface area contributed by atoms with Crippen molar-refractivity contribution < 1.29 is 4.74 Å². The van der Waals surface area contributed by atoms with Gasteiger partial charge in [0.25, 0.3) is 0 Å². The summed E-state index contributed by atoms with van der Waals surface area (Å²) < 4.78 is 5.21. The van der Waals surface area contributed by atoms with Crippen LogP contribution in [0.5, 0.6) is 0 Å². The van der Waals surface area contributed by atoms with Crippen molar-refractivity contribution in [3.8, 4) is 0 Å². The Bertz CT molecular complexity index is 392. The van der Waals surface area contributed by atoms with E-state index in [-0.39, 0.29) is 6.04 Å². The van der Waals surface area contributed by atoms with Crippen LogP contribution in [0, 0.1) is 6.92 Å². The topological polar surface area (TPSA) is 38.5 Å². The fourth-order valence-corrected chi connectivity index (χ4v) is 2.16. The molecule has 0 aliphatic heterocycles. The lowest BCUT2D eigenvalue weighted by molar-refractivity contribution is 0.183. The molecular weight excluding hydrogens is 236 g/mol. The summed E-state index contributed by atoms with van der Waals surface area (Å²) in [7, 11) is 3.85. The van der Waals surface area contributed by atoms with Gasteiger partial charge in [0.2, 0.25) is 0 Å². The Hall–Kier alpha value is -1.06. The first kappa shape index (κ1) is 16.0. The van der Waals surface area contributed by atoms with Gasteiger partial charge in [-0.25, -0.2) is 0 Å². The fourth-order valence-electron chi connectivity index (χ4n) is 2.16. The molecule has 19 heavy (non-hydrogen) atoms. The molecule has 3 heteroatoms. The second kappa shape index (κ2) is 7.51. The van der Waals surface area contributed by atoms with Crippen LogP contribution in [0.2, 0.25) is 0 Å². The largest absolute Gasteiger partial charge is 0.383 e. The molecule has 0 saturated carbocycles. The highest BCUT2D eigenvalue weighted by molar-refractivity contribution is 5.51. The molecule has 2 atom stereocenters. The van der Waals surface area contributed by atoms with E-state index in [1.54, 1.807) is 7.11 Å². The van der Waals surface area contributed by atoms with Gasteiger partial charge in [-0.3, -0.25) is 0 Å². The molecule has 108 valence electrons. The predicted octanol–water partition coefficient (Wildman–Crippen LogP) is 2.75. The van der Waals surface area contributed by atoms with Crippen LogP contribution in [0.15, 0.2) is 18.2 Å². The first-order chi connectivity index (χ1) is 8.99. The van der Waals surface area contributed by atoms with E-state index in [1.165, 1.54) is 16.8 Å². The van der Waals surface area contributed by atoms with Crippen molar-refractivity contribution in [2.24, 2.45) is 5.73 Å². The molecule has 1 rings (SSSR count). The Balaban J connectivity index is 2.81. The lowest BCUT2D eigenvalue weighted by Crippen LogP contribution is -2.32. The number of likely N-dealkylation sites (N-methyl/N-ethyl adjacent to an activating group) is 1. The Morgan fingerprint density at radius 1 is 1.37 bits per heavy atom.